The number of fused-ring (bicyclic) bond motifs is 1. The predicted molar refractivity (Wildman–Crippen MR) is 80.7 cm³/mol. The summed E-state index contributed by atoms with van der Waals surface area (Å²) in [5, 5.41) is 1.21. The first-order valence-electron chi connectivity index (χ1n) is 7.12. The van der Waals surface area contributed by atoms with E-state index in [1.54, 1.807) is 0 Å². The van der Waals surface area contributed by atoms with E-state index in [0.29, 0.717) is 0 Å². The standard InChI is InChI=1S/C16H21N3/c1-18(12-13-19-10-4-5-11-19)16-9-8-14-6-2-3-7-15(14)17-16/h2-3,6-9H,4-5,10-13H2,1H3. The van der Waals surface area contributed by atoms with Crippen LogP contribution < -0.4 is 4.90 Å². The van der Waals surface area contributed by atoms with Gasteiger partial charge in [-0.2, -0.15) is 0 Å². The summed E-state index contributed by atoms with van der Waals surface area (Å²) in [5.41, 5.74) is 1.08. The zero-order chi connectivity index (χ0) is 13.1. The van der Waals surface area contributed by atoms with E-state index in [4.69, 9.17) is 4.98 Å². The predicted octanol–water partition coefficient (Wildman–Crippen LogP) is 2.77. The molecule has 1 fully saturated rings. The van der Waals surface area contributed by atoms with Gasteiger partial charge in [-0.25, -0.2) is 4.98 Å². The highest BCUT2D eigenvalue weighted by Crippen LogP contribution is 2.17. The molecule has 1 aromatic heterocycles. The number of likely N-dealkylation sites (tertiary alicyclic amines) is 1. The van der Waals surface area contributed by atoms with Crippen LogP contribution >= 0.6 is 0 Å². The molecule has 0 amide bonds. The van der Waals surface area contributed by atoms with E-state index in [-0.39, 0.29) is 0 Å². The fourth-order valence-corrected chi connectivity index (χ4v) is 2.68. The molecular formula is C16H21N3. The molecule has 0 unspecified atom stereocenters. The zero-order valence-corrected chi connectivity index (χ0v) is 11.5. The second-order valence-electron chi connectivity index (χ2n) is 5.33. The lowest BCUT2D eigenvalue weighted by Crippen LogP contribution is -2.31. The molecule has 19 heavy (non-hydrogen) atoms. The van der Waals surface area contributed by atoms with Crippen LogP contribution in [0.5, 0.6) is 0 Å². The number of aromatic nitrogens is 1. The minimum atomic E-state index is 1.05. The van der Waals surface area contributed by atoms with Crippen molar-refractivity contribution >= 4 is 16.7 Å². The van der Waals surface area contributed by atoms with Crippen LogP contribution in [0.15, 0.2) is 36.4 Å². The summed E-state index contributed by atoms with van der Waals surface area (Å²) in [6, 6.07) is 12.6. The molecular weight excluding hydrogens is 234 g/mol. The summed E-state index contributed by atoms with van der Waals surface area (Å²) in [5.74, 6) is 1.07. The minimum Gasteiger partial charge on any atom is -0.358 e. The Labute approximate surface area is 114 Å². The Hall–Kier alpha value is -1.61. The lowest BCUT2D eigenvalue weighted by atomic mass is 10.2. The number of hydrogen-bond acceptors (Lipinski definition) is 3. The van der Waals surface area contributed by atoms with Crippen LogP contribution in [-0.2, 0) is 0 Å². The van der Waals surface area contributed by atoms with Gasteiger partial charge in [-0.15, -0.1) is 0 Å². The van der Waals surface area contributed by atoms with Crippen LogP contribution in [-0.4, -0.2) is 43.1 Å². The summed E-state index contributed by atoms with van der Waals surface area (Å²) in [6.45, 7) is 4.72. The molecule has 2 heterocycles. The van der Waals surface area contributed by atoms with E-state index in [9.17, 15) is 0 Å². The zero-order valence-electron chi connectivity index (χ0n) is 11.5. The van der Waals surface area contributed by atoms with Gasteiger partial charge in [0.15, 0.2) is 0 Å². The highest BCUT2D eigenvalue weighted by Gasteiger charge is 2.12. The normalized spacial score (nSPS) is 16.1. The molecule has 3 rings (SSSR count). The maximum absolute atomic E-state index is 4.73. The van der Waals surface area contributed by atoms with Gasteiger partial charge in [0.1, 0.15) is 5.82 Å². The smallest absolute Gasteiger partial charge is 0.129 e. The molecule has 3 heteroatoms. The molecule has 1 saturated heterocycles. The molecule has 3 nitrogen and oxygen atoms in total. The van der Waals surface area contributed by atoms with Gasteiger partial charge in [0.25, 0.3) is 0 Å². The molecule has 0 atom stereocenters. The van der Waals surface area contributed by atoms with Gasteiger partial charge >= 0.3 is 0 Å². The number of pyridine rings is 1. The Morgan fingerprint density at radius 2 is 1.89 bits per heavy atom. The minimum absolute atomic E-state index is 1.05. The molecule has 0 aliphatic carbocycles. The van der Waals surface area contributed by atoms with E-state index in [2.05, 4.69) is 47.2 Å². The second kappa shape index (κ2) is 5.57. The molecule has 0 N–H and O–H groups in total. The van der Waals surface area contributed by atoms with E-state index >= 15 is 0 Å². The first-order chi connectivity index (χ1) is 9.33. The van der Waals surface area contributed by atoms with E-state index in [0.717, 1.165) is 24.4 Å². The summed E-state index contributed by atoms with van der Waals surface area (Å²) in [6.07, 6.45) is 2.72. The Kier molecular flexibility index (Phi) is 3.65. The van der Waals surface area contributed by atoms with Crippen LogP contribution in [0.25, 0.3) is 10.9 Å². The van der Waals surface area contributed by atoms with Gasteiger partial charge in [-0.3, -0.25) is 0 Å². The lowest BCUT2D eigenvalue weighted by Gasteiger charge is -2.22. The van der Waals surface area contributed by atoms with Crippen molar-refractivity contribution in [2.45, 2.75) is 12.8 Å². The molecule has 0 radical (unpaired) electrons. The molecule has 1 aromatic carbocycles. The highest BCUT2D eigenvalue weighted by molar-refractivity contribution is 5.80. The monoisotopic (exact) mass is 255 g/mol. The Balaban J connectivity index is 1.68. The first-order valence-corrected chi connectivity index (χ1v) is 7.12. The van der Waals surface area contributed by atoms with Crippen molar-refractivity contribution in [3.63, 3.8) is 0 Å². The van der Waals surface area contributed by atoms with Crippen LogP contribution in [0.2, 0.25) is 0 Å². The molecule has 0 bridgehead atoms. The van der Waals surface area contributed by atoms with Crippen molar-refractivity contribution in [3.8, 4) is 0 Å². The molecule has 0 saturated carbocycles. The van der Waals surface area contributed by atoms with Crippen molar-refractivity contribution < 1.29 is 0 Å². The summed E-state index contributed by atoms with van der Waals surface area (Å²) >= 11 is 0. The molecule has 2 aromatic rings. The third-order valence-corrected chi connectivity index (χ3v) is 3.93. The molecule has 100 valence electrons. The quantitative estimate of drug-likeness (QED) is 0.837. The fraction of sp³-hybridized carbons (Fsp3) is 0.438. The van der Waals surface area contributed by atoms with Crippen molar-refractivity contribution in [1.29, 1.82) is 0 Å². The highest BCUT2D eigenvalue weighted by atomic mass is 15.2. The van der Waals surface area contributed by atoms with Gasteiger partial charge < -0.3 is 9.80 Å². The number of anilines is 1. The summed E-state index contributed by atoms with van der Waals surface area (Å²) < 4.78 is 0. The van der Waals surface area contributed by atoms with Crippen molar-refractivity contribution in [2.24, 2.45) is 0 Å². The number of rotatable bonds is 4. The third kappa shape index (κ3) is 2.87. The van der Waals surface area contributed by atoms with E-state index < -0.39 is 0 Å². The third-order valence-electron chi connectivity index (χ3n) is 3.93. The topological polar surface area (TPSA) is 19.4 Å². The lowest BCUT2D eigenvalue weighted by molar-refractivity contribution is 0.346. The van der Waals surface area contributed by atoms with Crippen LogP contribution in [0.1, 0.15) is 12.8 Å². The number of para-hydroxylation sites is 1. The fourth-order valence-electron chi connectivity index (χ4n) is 2.68. The maximum Gasteiger partial charge on any atom is 0.129 e. The Morgan fingerprint density at radius 1 is 1.11 bits per heavy atom. The molecule has 0 spiro atoms. The molecule has 1 aliphatic rings. The van der Waals surface area contributed by atoms with Crippen LogP contribution in [0.4, 0.5) is 5.82 Å². The molecule has 1 aliphatic heterocycles. The van der Waals surface area contributed by atoms with Gasteiger partial charge in [0.2, 0.25) is 0 Å². The van der Waals surface area contributed by atoms with Crippen molar-refractivity contribution in [1.82, 2.24) is 9.88 Å². The average Bonchev–Trinajstić information content (AvgIpc) is 2.97. The largest absolute Gasteiger partial charge is 0.358 e. The number of nitrogens with zero attached hydrogens (tertiary/aromatic N) is 3. The Bertz CT molecular complexity index is 546. The first kappa shape index (κ1) is 12.4. The van der Waals surface area contributed by atoms with Gasteiger partial charge in [-0.05, 0) is 44.1 Å². The van der Waals surface area contributed by atoms with Gasteiger partial charge in [-0.1, -0.05) is 18.2 Å². The second-order valence-corrected chi connectivity index (χ2v) is 5.33. The van der Waals surface area contributed by atoms with E-state index in [1.165, 1.54) is 31.3 Å². The van der Waals surface area contributed by atoms with Gasteiger partial charge in [0, 0.05) is 25.5 Å². The summed E-state index contributed by atoms with van der Waals surface area (Å²) in [7, 11) is 2.13. The number of hydrogen-bond donors (Lipinski definition) is 0. The average molecular weight is 255 g/mol. The maximum atomic E-state index is 4.73. The van der Waals surface area contributed by atoms with Gasteiger partial charge in [0.05, 0.1) is 5.52 Å². The van der Waals surface area contributed by atoms with Crippen LogP contribution in [0, 0.1) is 0 Å². The summed E-state index contributed by atoms with van der Waals surface area (Å²) in [4.78, 5) is 9.52. The Morgan fingerprint density at radius 3 is 2.74 bits per heavy atom. The van der Waals surface area contributed by atoms with E-state index in [1.807, 2.05) is 6.07 Å². The SMILES string of the molecule is CN(CCN1CCCC1)c1ccc2ccccc2n1. The number of benzene rings is 1. The van der Waals surface area contributed by atoms with Crippen LogP contribution in [0.3, 0.4) is 0 Å². The van der Waals surface area contributed by atoms with Crippen molar-refractivity contribution in [3.05, 3.63) is 36.4 Å². The number of likely N-dealkylation sites (N-methyl/N-ethyl adjacent to an activating group) is 1. The van der Waals surface area contributed by atoms with Crippen molar-refractivity contribution in [2.75, 3.05) is 38.1 Å².